The summed E-state index contributed by atoms with van der Waals surface area (Å²) in [6, 6.07) is 9.06. The highest BCUT2D eigenvalue weighted by Crippen LogP contribution is 2.12. The summed E-state index contributed by atoms with van der Waals surface area (Å²) in [5, 5.41) is 15.0. The van der Waals surface area contributed by atoms with Crippen LogP contribution in [0.1, 0.15) is 18.4 Å². The highest BCUT2D eigenvalue weighted by Gasteiger charge is 2.15. The zero-order valence-electron chi connectivity index (χ0n) is 10.7. The molecule has 1 aromatic rings. The van der Waals surface area contributed by atoms with Gasteiger partial charge in [-0.3, -0.25) is 4.79 Å². The number of nitrogens with zero attached hydrogens (tertiary/aromatic N) is 1. The molecule has 5 heteroatoms. The van der Waals surface area contributed by atoms with Gasteiger partial charge in [0.15, 0.2) is 6.61 Å². The summed E-state index contributed by atoms with van der Waals surface area (Å²) in [5.74, 6) is 0.425. The maximum absolute atomic E-state index is 11.7. The number of amides is 1. The van der Waals surface area contributed by atoms with Gasteiger partial charge < -0.3 is 15.4 Å². The van der Waals surface area contributed by atoms with Crippen molar-refractivity contribution in [2.75, 3.05) is 19.7 Å². The molecule has 1 aliphatic rings. The first-order valence-electron chi connectivity index (χ1n) is 6.41. The fourth-order valence-electron chi connectivity index (χ4n) is 2.04. The Morgan fingerprint density at radius 3 is 3.00 bits per heavy atom. The Morgan fingerprint density at radius 1 is 1.47 bits per heavy atom. The van der Waals surface area contributed by atoms with E-state index in [-0.39, 0.29) is 18.6 Å². The molecule has 0 unspecified atom stereocenters. The first-order valence-corrected chi connectivity index (χ1v) is 6.41. The van der Waals surface area contributed by atoms with Crippen LogP contribution in [0, 0.1) is 11.3 Å². The molecular formula is C14H17N3O2. The second-order valence-corrected chi connectivity index (χ2v) is 4.52. The lowest BCUT2D eigenvalue weighted by molar-refractivity contribution is -0.123. The molecule has 2 N–H and O–H groups in total. The van der Waals surface area contributed by atoms with E-state index < -0.39 is 0 Å². The normalized spacial score (nSPS) is 15.5. The highest BCUT2D eigenvalue weighted by atomic mass is 16.5. The summed E-state index contributed by atoms with van der Waals surface area (Å²) in [5.41, 5.74) is 0.524. The third-order valence-electron chi connectivity index (χ3n) is 3.04. The van der Waals surface area contributed by atoms with Gasteiger partial charge in [-0.05, 0) is 44.1 Å². The minimum Gasteiger partial charge on any atom is -0.484 e. The molecule has 19 heavy (non-hydrogen) atoms. The Hall–Kier alpha value is -2.06. The molecule has 0 atom stereocenters. The molecule has 100 valence electrons. The van der Waals surface area contributed by atoms with Crippen molar-refractivity contribution in [3.8, 4) is 11.8 Å². The van der Waals surface area contributed by atoms with E-state index in [4.69, 9.17) is 10.00 Å². The van der Waals surface area contributed by atoms with Gasteiger partial charge in [-0.2, -0.15) is 5.26 Å². The average Bonchev–Trinajstić information content (AvgIpc) is 2.46. The van der Waals surface area contributed by atoms with E-state index in [1.165, 1.54) is 0 Å². The number of carbonyl (C=O) groups is 1. The van der Waals surface area contributed by atoms with Gasteiger partial charge in [0.2, 0.25) is 0 Å². The first kappa shape index (κ1) is 13.4. The van der Waals surface area contributed by atoms with Crippen molar-refractivity contribution in [1.82, 2.24) is 10.6 Å². The Labute approximate surface area is 112 Å². The molecule has 1 aliphatic heterocycles. The van der Waals surface area contributed by atoms with Gasteiger partial charge in [-0.15, -0.1) is 0 Å². The first-order chi connectivity index (χ1) is 9.28. The van der Waals surface area contributed by atoms with Crippen LogP contribution in [0.5, 0.6) is 5.75 Å². The quantitative estimate of drug-likeness (QED) is 0.839. The summed E-state index contributed by atoms with van der Waals surface area (Å²) in [7, 11) is 0. The number of nitriles is 1. The van der Waals surface area contributed by atoms with Crippen LogP contribution in [0.2, 0.25) is 0 Å². The lowest BCUT2D eigenvalue weighted by Crippen LogP contribution is -2.44. The number of hydrogen-bond acceptors (Lipinski definition) is 4. The molecule has 0 aromatic heterocycles. The molecular weight excluding hydrogens is 242 g/mol. The van der Waals surface area contributed by atoms with E-state index in [2.05, 4.69) is 10.6 Å². The van der Waals surface area contributed by atoms with Crippen molar-refractivity contribution in [2.45, 2.75) is 18.9 Å². The highest BCUT2D eigenvalue weighted by molar-refractivity contribution is 5.77. The number of hydrogen-bond donors (Lipinski definition) is 2. The maximum atomic E-state index is 11.7. The molecule has 0 bridgehead atoms. The SMILES string of the molecule is N#Cc1cccc(OCC(=O)NC2CCNCC2)c1. The maximum Gasteiger partial charge on any atom is 0.258 e. The van der Waals surface area contributed by atoms with Gasteiger partial charge in [0.1, 0.15) is 5.75 Å². The van der Waals surface area contributed by atoms with Crippen molar-refractivity contribution in [3.05, 3.63) is 29.8 Å². The molecule has 0 aliphatic carbocycles. The molecule has 0 saturated carbocycles. The summed E-state index contributed by atoms with van der Waals surface area (Å²) in [4.78, 5) is 11.7. The number of nitrogens with one attached hydrogen (secondary N) is 2. The molecule has 1 amide bonds. The third kappa shape index (κ3) is 4.27. The summed E-state index contributed by atoms with van der Waals surface area (Å²) in [6.07, 6.45) is 1.91. The number of carbonyl (C=O) groups excluding carboxylic acids is 1. The van der Waals surface area contributed by atoms with Crippen molar-refractivity contribution in [3.63, 3.8) is 0 Å². The fraction of sp³-hybridized carbons (Fsp3) is 0.429. The summed E-state index contributed by atoms with van der Waals surface area (Å²) >= 11 is 0. The van der Waals surface area contributed by atoms with E-state index in [0.29, 0.717) is 11.3 Å². The lowest BCUT2D eigenvalue weighted by atomic mass is 10.1. The van der Waals surface area contributed by atoms with Crippen molar-refractivity contribution >= 4 is 5.91 Å². The van der Waals surface area contributed by atoms with Crippen LogP contribution < -0.4 is 15.4 Å². The second kappa shape index (κ2) is 6.76. The molecule has 2 rings (SSSR count). The standard InChI is InChI=1S/C14H17N3O2/c15-9-11-2-1-3-13(8-11)19-10-14(18)17-12-4-6-16-7-5-12/h1-3,8,12,16H,4-7,10H2,(H,17,18). The molecule has 0 spiro atoms. The predicted molar refractivity (Wildman–Crippen MR) is 70.7 cm³/mol. The van der Waals surface area contributed by atoms with Crippen LogP contribution in [0.15, 0.2) is 24.3 Å². The minimum absolute atomic E-state index is 0.0151. The van der Waals surface area contributed by atoms with Crippen LogP contribution in [-0.2, 0) is 4.79 Å². The minimum atomic E-state index is -0.116. The second-order valence-electron chi connectivity index (χ2n) is 4.52. The van der Waals surface area contributed by atoms with Crippen molar-refractivity contribution in [1.29, 1.82) is 5.26 Å². The predicted octanol–water partition coefficient (Wildman–Crippen LogP) is 0.805. The van der Waals surface area contributed by atoms with Gasteiger partial charge in [0, 0.05) is 6.04 Å². The smallest absolute Gasteiger partial charge is 0.258 e. The molecule has 0 radical (unpaired) electrons. The average molecular weight is 259 g/mol. The van der Waals surface area contributed by atoms with Crippen LogP contribution in [0.3, 0.4) is 0 Å². The van der Waals surface area contributed by atoms with Crippen LogP contribution in [0.25, 0.3) is 0 Å². The zero-order chi connectivity index (χ0) is 13.5. The fourth-order valence-corrected chi connectivity index (χ4v) is 2.04. The molecule has 1 aromatic carbocycles. The van der Waals surface area contributed by atoms with Crippen LogP contribution in [-0.4, -0.2) is 31.6 Å². The van der Waals surface area contributed by atoms with E-state index >= 15 is 0 Å². The lowest BCUT2D eigenvalue weighted by Gasteiger charge is -2.23. The Morgan fingerprint density at radius 2 is 2.26 bits per heavy atom. The largest absolute Gasteiger partial charge is 0.484 e. The topological polar surface area (TPSA) is 74.1 Å². The number of ether oxygens (including phenoxy) is 1. The zero-order valence-corrected chi connectivity index (χ0v) is 10.7. The molecule has 1 fully saturated rings. The molecule has 1 saturated heterocycles. The number of piperidine rings is 1. The molecule has 1 heterocycles. The van der Waals surface area contributed by atoms with Crippen LogP contribution in [0.4, 0.5) is 0 Å². The number of rotatable bonds is 4. The van der Waals surface area contributed by atoms with E-state index in [0.717, 1.165) is 25.9 Å². The third-order valence-corrected chi connectivity index (χ3v) is 3.04. The van der Waals surface area contributed by atoms with E-state index in [9.17, 15) is 4.79 Å². The monoisotopic (exact) mass is 259 g/mol. The number of benzene rings is 1. The van der Waals surface area contributed by atoms with Gasteiger partial charge in [-0.25, -0.2) is 0 Å². The summed E-state index contributed by atoms with van der Waals surface area (Å²) < 4.78 is 5.37. The van der Waals surface area contributed by atoms with Crippen LogP contribution >= 0.6 is 0 Å². The van der Waals surface area contributed by atoms with Gasteiger partial charge in [0.05, 0.1) is 11.6 Å². The Balaban J connectivity index is 1.78. The Kier molecular flexibility index (Phi) is 4.76. The molecule has 5 nitrogen and oxygen atoms in total. The van der Waals surface area contributed by atoms with E-state index in [1.807, 2.05) is 6.07 Å². The van der Waals surface area contributed by atoms with Crippen molar-refractivity contribution in [2.24, 2.45) is 0 Å². The Bertz CT molecular complexity index is 476. The van der Waals surface area contributed by atoms with Crippen molar-refractivity contribution < 1.29 is 9.53 Å². The van der Waals surface area contributed by atoms with Gasteiger partial charge in [-0.1, -0.05) is 6.07 Å². The van der Waals surface area contributed by atoms with Gasteiger partial charge in [0.25, 0.3) is 5.91 Å². The summed E-state index contributed by atoms with van der Waals surface area (Å²) in [6.45, 7) is 1.87. The van der Waals surface area contributed by atoms with Gasteiger partial charge >= 0.3 is 0 Å². The van der Waals surface area contributed by atoms with E-state index in [1.54, 1.807) is 24.3 Å².